The molecule has 0 aromatic heterocycles. The molecule has 1 N–H and O–H groups in total. The third kappa shape index (κ3) is 4.53. The number of hydrogen-bond donors (Lipinski definition) is 1. The van der Waals surface area contributed by atoms with Crippen molar-refractivity contribution >= 4 is 29.0 Å². The lowest BCUT2D eigenvalue weighted by atomic mass is 10.1. The minimum atomic E-state index is -1.12. The molecule has 3 rings (SSSR count). The van der Waals surface area contributed by atoms with Crippen LogP contribution in [-0.4, -0.2) is 50.2 Å². The lowest BCUT2D eigenvalue weighted by molar-refractivity contribution is -0.385. The summed E-state index contributed by atoms with van der Waals surface area (Å²) in [6.45, 7) is 0.519. The standard InChI is InChI=1S/C20H18N2O10/c1-10(23)11-4-17-18(32-9-31-17)6-13(11)21-19(24)8-30-20(25)12-5-15(28-2)16(29-3)7-14(12)22(26)27/h4-7H,8-9H2,1-3H3,(H,21,24). The van der Waals surface area contributed by atoms with Gasteiger partial charge >= 0.3 is 5.97 Å². The van der Waals surface area contributed by atoms with Gasteiger partial charge in [-0.15, -0.1) is 0 Å². The number of ketones is 1. The van der Waals surface area contributed by atoms with E-state index in [0.717, 1.165) is 12.1 Å². The van der Waals surface area contributed by atoms with E-state index in [2.05, 4.69) is 5.32 Å². The zero-order valence-electron chi connectivity index (χ0n) is 17.3. The first-order chi connectivity index (χ1) is 15.2. The molecule has 1 aliphatic rings. The maximum absolute atomic E-state index is 12.4. The van der Waals surface area contributed by atoms with E-state index in [0.29, 0.717) is 11.5 Å². The Morgan fingerprint density at radius 1 is 1.03 bits per heavy atom. The average Bonchev–Trinajstić information content (AvgIpc) is 3.23. The molecule has 2 aromatic rings. The monoisotopic (exact) mass is 446 g/mol. The van der Waals surface area contributed by atoms with Crippen LogP contribution < -0.4 is 24.3 Å². The van der Waals surface area contributed by atoms with E-state index in [9.17, 15) is 24.5 Å². The largest absolute Gasteiger partial charge is 0.493 e. The number of fused-ring (bicyclic) bond motifs is 1. The lowest BCUT2D eigenvalue weighted by Gasteiger charge is -2.12. The molecule has 32 heavy (non-hydrogen) atoms. The van der Waals surface area contributed by atoms with Gasteiger partial charge in [-0.2, -0.15) is 0 Å². The summed E-state index contributed by atoms with van der Waals surface area (Å²) >= 11 is 0. The number of carbonyl (C=O) groups excluding carboxylic acids is 3. The second-order valence-electron chi connectivity index (χ2n) is 6.41. The summed E-state index contributed by atoms with van der Waals surface area (Å²) in [5.74, 6) is -1.41. The zero-order valence-corrected chi connectivity index (χ0v) is 17.3. The molecule has 0 aliphatic carbocycles. The van der Waals surface area contributed by atoms with Gasteiger partial charge in [-0.05, 0) is 13.0 Å². The highest BCUT2D eigenvalue weighted by Gasteiger charge is 2.27. The average molecular weight is 446 g/mol. The van der Waals surface area contributed by atoms with E-state index in [-0.39, 0.29) is 35.3 Å². The Bertz CT molecular complexity index is 1110. The number of anilines is 1. The van der Waals surface area contributed by atoms with Crippen LogP contribution in [0.1, 0.15) is 27.6 Å². The summed E-state index contributed by atoms with van der Waals surface area (Å²) in [5.41, 5.74) is -0.694. The number of rotatable bonds is 8. The smallest absolute Gasteiger partial charge is 0.345 e. The number of hydrogen-bond acceptors (Lipinski definition) is 10. The number of amides is 1. The molecule has 1 heterocycles. The van der Waals surface area contributed by atoms with Crippen molar-refractivity contribution in [3.8, 4) is 23.0 Å². The fourth-order valence-electron chi connectivity index (χ4n) is 2.91. The summed E-state index contributed by atoms with van der Waals surface area (Å²) in [4.78, 5) is 47.2. The van der Waals surface area contributed by atoms with Gasteiger partial charge in [-0.1, -0.05) is 0 Å². The van der Waals surface area contributed by atoms with Crippen LogP contribution in [0.5, 0.6) is 23.0 Å². The SMILES string of the molecule is COc1cc(C(=O)OCC(=O)Nc2cc3c(cc2C(C)=O)OCO3)c([N+](=O)[O-])cc1OC. The van der Waals surface area contributed by atoms with E-state index < -0.39 is 34.7 Å². The normalized spacial score (nSPS) is 11.5. The number of Topliss-reactive ketones (excluding diaryl/α,β-unsaturated/α-hetero) is 1. The molecular formula is C20H18N2O10. The second kappa shape index (κ2) is 9.20. The third-order valence-electron chi connectivity index (χ3n) is 4.42. The number of nitrogens with zero attached hydrogens (tertiary/aromatic N) is 1. The molecule has 168 valence electrons. The molecule has 0 saturated heterocycles. The summed E-state index contributed by atoms with van der Waals surface area (Å²) in [5, 5.41) is 13.8. The molecule has 12 heteroatoms. The van der Waals surface area contributed by atoms with Gasteiger partial charge in [-0.25, -0.2) is 4.79 Å². The highest BCUT2D eigenvalue weighted by atomic mass is 16.7. The van der Waals surface area contributed by atoms with E-state index in [1.807, 2.05) is 0 Å². The highest BCUT2D eigenvalue weighted by molar-refractivity contribution is 6.05. The van der Waals surface area contributed by atoms with Crippen LogP contribution in [0.15, 0.2) is 24.3 Å². The number of esters is 1. The topological polar surface area (TPSA) is 153 Å². The van der Waals surface area contributed by atoms with Gasteiger partial charge in [0, 0.05) is 17.7 Å². The number of nitrogens with one attached hydrogen (secondary N) is 1. The predicted molar refractivity (Wildman–Crippen MR) is 108 cm³/mol. The van der Waals surface area contributed by atoms with E-state index in [1.54, 1.807) is 0 Å². The molecule has 0 saturated carbocycles. The molecule has 0 bridgehead atoms. The molecule has 0 spiro atoms. The van der Waals surface area contributed by atoms with Crippen molar-refractivity contribution in [2.75, 3.05) is 32.9 Å². The molecular weight excluding hydrogens is 428 g/mol. The summed E-state index contributed by atoms with van der Waals surface area (Å²) in [6.07, 6.45) is 0. The lowest BCUT2D eigenvalue weighted by Crippen LogP contribution is -2.22. The van der Waals surface area contributed by atoms with Gasteiger partial charge < -0.3 is 29.0 Å². The van der Waals surface area contributed by atoms with Crippen LogP contribution in [0.3, 0.4) is 0 Å². The predicted octanol–water partition coefficient (Wildman–Crippen LogP) is 2.34. The van der Waals surface area contributed by atoms with Crippen molar-refractivity contribution in [1.82, 2.24) is 0 Å². The Hall–Kier alpha value is -4.35. The third-order valence-corrected chi connectivity index (χ3v) is 4.42. The van der Waals surface area contributed by atoms with E-state index in [1.165, 1.54) is 33.3 Å². The first kappa shape index (κ1) is 22.3. The molecule has 0 fully saturated rings. The summed E-state index contributed by atoms with van der Waals surface area (Å²) < 4.78 is 25.4. The molecule has 1 amide bonds. The number of carbonyl (C=O) groups is 3. The summed E-state index contributed by atoms with van der Waals surface area (Å²) in [7, 11) is 2.58. The van der Waals surface area contributed by atoms with Crippen molar-refractivity contribution in [2.45, 2.75) is 6.92 Å². The van der Waals surface area contributed by atoms with Crippen LogP contribution in [0.25, 0.3) is 0 Å². The van der Waals surface area contributed by atoms with Crippen molar-refractivity contribution < 1.29 is 43.0 Å². The Morgan fingerprint density at radius 3 is 2.25 bits per heavy atom. The van der Waals surface area contributed by atoms with Crippen LogP contribution in [0.4, 0.5) is 11.4 Å². The van der Waals surface area contributed by atoms with Crippen molar-refractivity contribution in [3.63, 3.8) is 0 Å². The van der Waals surface area contributed by atoms with Crippen LogP contribution in [0, 0.1) is 10.1 Å². The Balaban J connectivity index is 1.75. The number of nitro groups is 1. The van der Waals surface area contributed by atoms with Gasteiger partial charge in [0.1, 0.15) is 5.56 Å². The van der Waals surface area contributed by atoms with Gasteiger partial charge in [0.25, 0.3) is 11.6 Å². The quantitative estimate of drug-likeness (QED) is 0.277. The van der Waals surface area contributed by atoms with E-state index >= 15 is 0 Å². The molecule has 12 nitrogen and oxygen atoms in total. The van der Waals surface area contributed by atoms with Gasteiger partial charge in [-0.3, -0.25) is 19.7 Å². The number of nitro benzene ring substituents is 1. The molecule has 0 atom stereocenters. The number of benzene rings is 2. The van der Waals surface area contributed by atoms with Gasteiger partial charge in [0.2, 0.25) is 6.79 Å². The number of methoxy groups -OCH3 is 2. The molecule has 2 aromatic carbocycles. The maximum Gasteiger partial charge on any atom is 0.345 e. The maximum atomic E-state index is 12.4. The Labute approximate surface area is 181 Å². The van der Waals surface area contributed by atoms with Crippen molar-refractivity contribution in [3.05, 3.63) is 45.5 Å². The molecule has 0 unspecified atom stereocenters. The highest BCUT2D eigenvalue weighted by Crippen LogP contribution is 2.37. The molecule has 0 radical (unpaired) electrons. The van der Waals surface area contributed by atoms with Crippen LogP contribution in [-0.2, 0) is 9.53 Å². The first-order valence-corrected chi connectivity index (χ1v) is 9.07. The minimum Gasteiger partial charge on any atom is -0.493 e. The fourth-order valence-corrected chi connectivity index (χ4v) is 2.91. The summed E-state index contributed by atoms with van der Waals surface area (Å²) in [6, 6.07) is 4.95. The van der Waals surface area contributed by atoms with Crippen LogP contribution in [0.2, 0.25) is 0 Å². The van der Waals surface area contributed by atoms with Gasteiger partial charge in [0.15, 0.2) is 35.4 Å². The Kier molecular flexibility index (Phi) is 6.42. The Morgan fingerprint density at radius 2 is 1.66 bits per heavy atom. The van der Waals surface area contributed by atoms with Crippen molar-refractivity contribution in [1.29, 1.82) is 0 Å². The zero-order chi connectivity index (χ0) is 23.4. The van der Waals surface area contributed by atoms with Gasteiger partial charge in [0.05, 0.1) is 30.9 Å². The van der Waals surface area contributed by atoms with E-state index in [4.69, 9.17) is 23.7 Å². The molecule has 1 aliphatic heterocycles. The first-order valence-electron chi connectivity index (χ1n) is 9.07. The van der Waals surface area contributed by atoms with Crippen LogP contribution >= 0.6 is 0 Å². The number of ether oxygens (including phenoxy) is 5. The minimum absolute atomic E-state index is 0.0220. The fraction of sp³-hybridized carbons (Fsp3) is 0.250. The second-order valence-corrected chi connectivity index (χ2v) is 6.41. The van der Waals surface area contributed by atoms with Crippen molar-refractivity contribution in [2.24, 2.45) is 0 Å².